The Morgan fingerprint density at radius 1 is 1.06 bits per heavy atom. The lowest BCUT2D eigenvalue weighted by atomic mass is 9.94. The fourth-order valence-corrected chi connectivity index (χ4v) is 8.57. The molecule has 3 amide bonds. The van der Waals surface area contributed by atoms with Crippen LogP contribution in [0.4, 0.5) is 4.79 Å². The fourth-order valence-electron chi connectivity index (χ4n) is 7.23. The highest BCUT2D eigenvalue weighted by atomic mass is 32.2. The normalized spacial score (nSPS) is 21.2. The Kier molecular flexibility index (Phi) is 11.1. The van der Waals surface area contributed by atoms with Gasteiger partial charge in [0.25, 0.3) is 5.91 Å². The van der Waals surface area contributed by atoms with Crippen LogP contribution in [-0.4, -0.2) is 59.5 Å². The van der Waals surface area contributed by atoms with Crippen molar-refractivity contribution in [2.24, 2.45) is 11.8 Å². The number of nitrogens with one attached hydrogen (secondary N) is 2. The topological polar surface area (TPSA) is 119 Å². The molecule has 4 unspecified atom stereocenters. The summed E-state index contributed by atoms with van der Waals surface area (Å²) in [5.74, 6) is 3.16. The minimum absolute atomic E-state index is 0.0637. The van der Waals surface area contributed by atoms with E-state index in [4.69, 9.17) is 30.8 Å². The number of alkyl carbamates (subject to hydrolysis) is 1. The largest absolute Gasteiger partial charge is 0.497 e. The van der Waals surface area contributed by atoms with E-state index < -0.39 is 17.7 Å². The van der Waals surface area contributed by atoms with E-state index in [2.05, 4.69) is 10.6 Å². The number of nitrogens with zero attached hydrogens (tertiary/aromatic N) is 1. The van der Waals surface area contributed by atoms with Crippen molar-refractivity contribution in [2.75, 3.05) is 20.8 Å². The van der Waals surface area contributed by atoms with Gasteiger partial charge in [-0.15, -0.1) is 0 Å². The minimum Gasteiger partial charge on any atom is -0.497 e. The lowest BCUT2D eigenvalue weighted by Crippen LogP contribution is -2.42. The summed E-state index contributed by atoms with van der Waals surface area (Å²) in [5, 5.41) is 5.69. The molecule has 12 heteroatoms. The zero-order chi connectivity index (χ0) is 36.3. The van der Waals surface area contributed by atoms with Crippen LogP contribution >= 0.6 is 24.0 Å². The van der Waals surface area contributed by atoms with E-state index >= 15 is 0 Å². The first kappa shape index (κ1) is 36.5. The van der Waals surface area contributed by atoms with Crippen molar-refractivity contribution in [3.63, 3.8) is 0 Å². The number of furan rings is 1. The molecule has 2 heterocycles. The first-order chi connectivity index (χ1) is 24.4. The van der Waals surface area contributed by atoms with Crippen LogP contribution in [0.2, 0.25) is 0 Å². The maximum Gasteiger partial charge on any atom is 0.408 e. The molecule has 1 saturated heterocycles. The molecule has 2 aromatic carbocycles. The van der Waals surface area contributed by atoms with Gasteiger partial charge in [0.15, 0.2) is 0 Å². The van der Waals surface area contributed by atoms with Gasteiger partial charge >= 0.3 is 6.09 Å². The maximum atomic E-state index is 13.8. The average molecular weight is 732 g/mol. The van der Waals surface area contributed by atoms with Gasteiger partial charge in [-0.2, -0.15) is 0 Å². The molecule has 2 N–H and O–H groups in total. The molecule has 0 radical (unpaired) electrons. The van der Waals surface area contributed by atoms with Gasteiger partial charge in [0.2, 0.25) is 5.91 Å². The number of aryl methyl sites for hydroxylation is 1. The molecule has 2 aliphatic carbocycles. The second-order valence-electron chi connectivity index (χ2n) is 14.3. The fraction of sp³-hybridized carbons (Fsp3) is 0.436. The van der Waals surface area contributed by atoms with Crippen LogP contribution in [-0.2, 0) is 20.7 Å². The molecule has 0 spiro atoms. The number of carbonyl (C=O) groups excluding carboxylic acids is 3. The van der Waals surface area contributed by atoms with Crippen molar-refractivity contribution in [2.45, 2.75) is 77.0 Å². The first-order valence-corrected chi connectivity index (χ1v) is 18.6. The summed E-state index contributed by atoms with van der Waals surface area (Å²) in [6, 6.07) is 15.8. The molecule has 6 rings (SSSR count). The molecule has 1 aliphatic heterocycles. The second-order valence-corrected chi connectivity index (χ2v) is 16.0. The zero-order valence-electron chi connectivity index (χ0n) is 29.7. The summed E-state index contributed by atoms with van der Waals surface area (Å²) < 4.78 is 23.5. The molecular formula is C39H45N3O7S2. The SMILES string of the molecule is COc1cc(OC)cc(-c2cc(CCCNC(=O)C(NC(=O)OC(C)(C)C)c3ccccc3)c(C=C3SC(=S)N(C4CC5CCC4C5)C3=O)o2)c1. The molecule has 2 bridgehead atoms. The molecule has 51 heavy (non-hydrogen) atoms. The third-order valence-electron chi connectivity index (χ3n) is 9.57. The van der Waals surface area contributed by atoms with E-state index in [-0.39, 0.29) is 17.9 Å². The van der Waals surface area contributed by atoms with Crippen molar-refractivity contribution in [1.82, 2.24) is 15.5 Å². The Morgan fingerprint density at radius 2 is 1.78 bits per heavy atom. The van der Waals surface area contributed by atoms with Gasteiger partial charge in [-0.1, -0.05) is 60.7 Å². The summed E-state index contributed by atoms with van der Waals surface area (Å²) in [6.45, 7) is 5.64. The van der Waals surface area contributed by atoms with E-state index in [9.17, 15) is 14.4 Å². The molecular weight excluding hydrogens is 687 g/mol. The second kappa shape index (κ2) is 15.5. The summed E-state index contributed by atoms with van der Waals surface area (Å²) >= 11 is 7.07. The molecule has 4 atom stereocenters. The van der Waals surface area contributed by atoms with E-state index in [0.717, 1.165) is 24.0 Å². The van der Waals surface area contributed by atoms with E-state index in [0.29, 0.717) is 69.0 Å². The van der Waals surface area contributed by atoms with E-state index in [1.807, 2.05) is 41.3 Å². The molecule has 1 aromatic heterocycles. The zero-order valence-corrected chi connectivity index (χ0v) is 31.3. The quantitative estimate of drug-likeness (QED) is 0.110. The van der Waals surface area contributed by atoms with E-state index in [1.165, 1.54) is 24.6 Å². The van der Waals surface area contributed by atoms with Crippen LogP contribution in [0, 0.1) is 11.8 Å². The smallest absolute Gasteiger partial charge is 0.408 e. The summed E-state index contributed by atoms with van der Waals surface area (Å²) in [7, 11) is 3.19. The Labute approximate surface area is 308 Å². The molecule has 3 aliphatic rings. The van der Waals surface area contributed by atoms with Crippen molar-refractivity contribution in [1.29, 1.82) is 0 Å². The van der Waals surface area contributed by atoms with Gasteiger partial charge in [-0.25, -0.2) is 4.79 Å². The van der Waals surface area contributed by atoms with Gasteiger partial charge < -0.3 is 29.3 Å². The van der Waals surface area contributed by atoms with Gasteiger partial charge in [0.05, 0.1) is 19.1 Å². The van der Waals surface area contributed by atoms with Gasteiger partial charge in [0.1, 0.15) is 39.0 Å². The number of carbonyl (C=O) groups is 3. The Morgan fingerprint density at radius 3 is 2.41 bits per heavy atom. The van der Waals surface area contributed by atoms with Gasteiger partial charge in [-0.3, -0.25) is 14.5 Å². The monoisotopic (exact) mass is 731 g/mol. The number of methoxy groups -OCH3 is 2. The third kappa shape index (κ3) is 8.61. The first-order valence-electron chi connectivity index (χ1n) is 17.4. The maximum absolute atomic E-state index is 13.8. The number of thioether (sulfide) groups is 1. The number of rotatable bonds is 12. The van der Waals surface area contributed by atoms with E-state index in [1.54, 1.807) is 59.3 Å². The van der Waals surface area contributed by atoms with Crippen LogP contribution in [0.15, 0.2) is 63.9 Å². The highest BCUT2D eigenvalue weighted by Gasteiger charge is 2.48. The number of benzene rings is 2. The number of ether oxygens (including phenoxy) is 3. The Balaban J connectivity index is 1.20. The van der Waals surface area contributed by atoms with Crippen molar-refractivity contribution < 1.29 is 33.0 Å². The molecule has 10 nitrogen and oxygen atoms in total. The molecule has 3 aromatic rings. The predicted octanol–water partition coefficient (Wildman–Crippen LogP) is 7.67. The highest BCUT2D eigenvalue weighted by Crippen LogP contribution is 2.49. The van der Waals surface area contributed by atoms with Crippen LogP contribution in [0.1, 0.15) is 75.8 Å². The summed E-state index contributed by atoms with van der Waals surface area (Å²) in [6.07, 6.45) is 6.82. The lowest BCUT2D eigenvalue weighted by Gasteiger charge is -2.30. The van der Waals surface area contributed by atoms with Crippen molar-refractivity contribution in [3.8, 4) is 22.8 Å². The third-order valence-corrected chi connectivity index (χ3v) is 10.9. The number of hydrogen-bond donors (Lipinski definition) is 2. The number of thiocarbonyl (C=S) groups is 1. The standard InChI is InChI=1S/C39H45N3O7S2/c1-39(2,3)49-37(45)41-34(24-10-7-6-8-11-24)35(43)40-15-9-12-26-20-31(27-18-28(46-4)21-29(19-27)47-5)48-32(26)22-33-36(44)42(38(50)51-33)30-17-23-13-14-25(30)16-23/h6-8,10-11,18-23,25,30,34H,9,12-17H2,1-5H3,(H,40,43)(H,41,45). The number of fused-ring (bicyclic) bond motifs is 2. The Hall–Kier alpha value is -4.29. The highest BCUT2D eigenvalue weighted by molar-refractivity contribution is 8.26. The Bertz CT molecular complexity index is 1790. The number of amides is 3. The summed E-state index contributed by atoms with van der Waals surface area (Å²) in [5.41, 5.74) is 1.56. The van der Waals surface area contributed by atoms with Crippen LogP contribution in [0.5, 0.6) is 11.5 Å². The van der Waals surface area contributed by atoms with Gasteiger partial charge in [-0.05, 0) is 94.0 Å². The molecule has 2 saturated carbocycles. The molecule has 3 fully saturated rings. The van der Waals surface area contributed by atoms with Gasteiger partial charge in [0, 0.05) is 30.3 Å². The lowest BCUT2D eigenvalue weighted by molar-refractivity contribution is -0.124. The van der Waals surface area contributed by atoms with Crippen LogP contribution < -0.4 is 20.1 Å². The number of hydrogen-bond acceptors (Lipinski definition) is 9. The van der Waals surface area contributed by atoms with Crippen molar-refractivity contribution >= 4 is 52.3 Å². The predicted molar refractivity (Wildman–Crippen MR) is 201 cm³/mol. The molecule has 270 valence electrons. The summed E-state index contributed by atoms with van der Waals surface area (Å²) in [4.78, 5) is 42.2. The van der Waals surface area contributed by atoms with Crippen LogP contribution in [0.25, 0.3) is 17.4 Å². The van der Waals surface area contributed by atoms with Crippen molar-refractivity contribution in [3.05, 3.63) is 76.4 Å². The minimum atomic E-state index is -0.933. The van der Waals surface area contributed by atoms with Crippen LogP contribution in [0.3, 0.4) is 0 Å². The average Bonchev–Trinajstić information content (AvgIpc) is 3.89.